The van der Waals surface area contributed by atoms with Gasteiger partial charge in [0.25, 0.3) is 9.05 Å². The van der Waals surface area contributed by atoms with E-state index in [1.54, 1.807) is 0 Å². The molecule has 0 fully saturated rings. The molecule has 7 heteroatoms. The van der Waals surface area contributed by atoms with Gasteiger partial charge in [-0.05, 0) is 17.9 Å². The van der Waals surface area contributed by atoms with Crippen LogP contribution in [0.1, 0.15) is 37.7 Å². The molecule has 1 heterocycles. The molecule has 0 atom stereocenters. The van der Waals surface area contributed by atoms with Crippen molar-refractivity contribution in [3.63, 3.8) is 0 Å². The molecule has 1 N–H and O–H groups in total. The van der Waals surface area contributed by atoms with Crippen molar-refractivity contribution in [2.24, 2.45) is 5.41 Å². The number of H-pyrrole nitrogens is 1. The van der Waals surface area contributed by atoms with Crippen LogP contribution in [0.25, 0.3) is 0 Å². The van der Waals surface area contributed by atoms with Crippen molar-refractivity contribution in [2.75, 3.05) is 6.61 Å². The molecule has 0 aliphatic rings. The first kappa shape index (κ1) is 15.0. The third-order valence-corrected chi connectivity index (χ3v) is 3.58. The van der Waals surface area contributed by atoms with Crippen molar-refractivity contribution >= 4 is 25.7 Å². The largest absolute Gasteiger partial charge is 0.461 e. The molecule has 0 radical (unpaired) electrons. The monoisotopic (exact) mass is 293 g/mol. The Morgan fingerprint density at radius 3 is 2.50 bits per heavy atom. The van der Waals surface area contributed by atoms with Gasteiger partial charge < -0.3 is 9.72 Å². The Hall–Kier alpha value is -1.01. The van der Waals surface area contributed by atoms with E-state index in [9.17, 15) is 13.2 Å². The van der Waals surface area contributed by atoms with Crippen LogP contribution in [0.4, 0.5) is 0 Å². The smallest absolute Gasteiger partial charge is 0.354 e. The summed E-state index contributed by atoms with van der Waals surface area (Å²) in [5, 5.41) is 0. The summed E-state index contributed by atoms with van der Waals surface area (Å²) in [6.45, 7) is 6.39. The van der Waals surface area contributed by atoms with Crippen molar-refractivity contribution in [3.05, 3.63) is 18.0 Å². The van der Waals surface area contributed by atoms with E-state index in [2.05, 4.69) is 4.98 Å². The van der Waals surface area contributed by atoms with E-state index in [4.69, 9.17) is 15.4 Å². The zero-order valence-corrected chi connectivity index (χ0v) is 12.1. The fourth-order valence-corrected chi connectivity index (χ4v) is 1.89. The number of rotatable bonds is 4. The van der Waals surface area contributed by atoms with Gasteiger partial charge in [0.2, 0.25) is 0 Å². The number of aromatic amines is 1. The van der Waals surface area contributed by atoms with Gasteiger partial charge in [-0.2, -0.15) is 0 Å². The van der Waals surface area contributed by atoms with E-state index in [0.29, 0.717) is 0 Å². The van der Waals surface area contributed by atoms with E-state index in [1.807, 2.05) is 20.8 Å². The summed E-state index contributed by atoms with van der Waals surface area (Å²) in [7, 11) is 1.31. The van der Waals surface area contributed by atoms with Crippen molar-refractivity contribution < 1.29 is 17.9 Å². The second kappa shape index (κ2) is 5.32. The number of aromatic nitrogens is 1. The summed E-state index contributed by atoms with van der Waals surface area (Å²) in [4.78, 5) is 14.0. The van der Waals surface area contributed by atoms with Gasteiger partial charge in [0.15, 0.2) is 0 Å². The van der Waals surface area contributed by atoms with Gasteiger partial charge in [-0.1, -0.05) is 20.8 Å². The highest BCUT2D eigenvalue weighted by Gasteiger charge is 2.17. The molecule has 102 valence electrons. The maximum atomic E-state index is 11.6. The average molecular weight is 294 g/mol. The molecule has 0 spiro atoms. The van der Waals surface area contributed by atoms with Crippen molar-refractivity contribution in [1.29, 1.82) is 0 Å². The van der Waals surface area contributed by atoms with Gasteiger partial charge in [-0.3, -0.25) is 0 Å². The molecule has 0 aliphatic heterocycles. The number of halogens is 1. The lowest BCUT2D eigenvalue weighted by Crippen LogP contribution is -2.13. The molecule has 0 amide bonds. The average Bonchev–Trinajstić information content (AvgIpc) is 2.62. The second-order valence-corrected chi connectivity index (χ2v) is 7.70. The molecular weight excluding hydrogens is 278 g/mol. The molecule has 0 aromatic carbocycles. The van der Waals surface area contributed by atoms with Crippen molar-refractivity contribution in [3.8, 4) is 0 Å². The second-order valence-electron chi connectivity index (χ2n) is 5.13. The molecule has 1 aromatic heterocycles. The minimum Gasteiger partial charge on any atom is -0.461 e. The van der Waals surface area contributed by atoms with Crippen LogP contribution in [0.5, 0.6) is 0 Å². The number of nitrogens with one attached hydrogen (secondary N) is 1. The number of hydrogen-bond donors (Lipinski definition) is 1. The third-order valence-electron chi connectivity index (χ3n) is 2.24. The Kier molecular flexibility index (Phi) is 4.45. The fraction of sp³-hybridized carbons (Fsp3) is 0.545. The molecule has 0 aliphatic carbocycles. The van der Waals surface area contributed by atoms with Gasteiger partial charge >= 0.3 is 5.97 Å². The SMILES string of the molecule is CC(C)(C)CCOC(=O)c1cc(S(=O)(=O)Cl)c[nH]1. The van der Waals surface area contributed by atoms with E-state index >= 15 is 0 Å². The van der Waals surface area contributed by atoms with Crippen LogP contribution in [0.2, 0.25) is 0 Å². The van der Waals surface area contributed by atoms with E-state index in [-0.39, 0.29) is 22.6 Å². The predicted molar refractivity (Wildman–Crippen MR) is 68.2 cm³/mol. The Labute approximate surface area is 111 Å². The van der Waals surface area contributed by atoms with Crippen molar-refractivity contribution in [2.45, 2.75) is 32.1 Å². The summed E-state index contributed by atoms with van der Waals surface area (Å²) in [5.41, 5.74) is 0.142. The molecule has 1 aromatic rings. The van der Waals surface area contributed by atoms with E-state index in [0.717, 1.165) is 18.7 Å². The molecular formula is C11H16ClNO4S. The molecule has 5 nitrogen and oxygen atoms in total. The Bertz CT molecular complexity index is 527. The van der Waals surface area contributed by atoms with Gasteiger partial charge in [-0.15, -0.1) is 0 Å². The summed E-state index contributed by atoms with van der Waals surface area (Å²) in [6, 6.07) is 1.15. The Morgan fingerprint density at radius 2 is 2.06 bits per heavy atom. The van der Waals surface area contributed by atoms with Gasteiger partial charge in [-0.25, -0.2) is 13.2 Å². The molecule has 0 unspecified atom stereocenters. The molecule has 0 saturated heterocycles. The fourth-order valence-electron chi connectivity index (χ4n) is 1.16. The van der Waals surface area contributed by atoms with Crippen LogP contribution in [0.3, 0.4) is 0 Å². The normalized spacial score (nSPS) is 12.4. The third kappa shape index (κ3) is 4.70. The van der Waals surface area contributed by atoms with Gasteiger partial charge in [0.05, 0.1) is 6.61 Å². The molecule has 1 rings (SSSR count). The molecule has 0 saturated carbocycles. The maximum Gasteiger partial charge on any atom is 0.354 e. The first-order valence-corrected chi connectivity index (χ1v) is 7.71. The zero-order valence-electron chi connectivity index (χ0n) is 10.5. The van der Waals surface area contributed by atoms with Crippen LogP contribution in [-0.4, -0.2) is 26.0 Å². The van der Waals surface area contributed by atoms with Crippen molar-refractivity contribution in [1.82, 2.24) is 4.98 Å². The van der Waals surface area contributed by atoms with E-state index < -0.39 is 15.0 Å². The van der Waals surface area contributed by atoms with Crippen LogP contribution in [-0.2, 0) is 13.8 Å². The Balaban J connectivity index is 2.61. The van der Waals surface area contributed by atoms with Crippen LogP contribution < -0.4 is 0 Å². The zero-order chi connectivity index (χ0) is 14.0. The number of carbonyl (C=O) groups is 1. The minimum atomic E-state index is -3.83. The van der Waals surface area contributed by atoms with Crippen LogP contribution in [0.15, 0.2) is 17.2 Å². The predicted octanol–water partition coefficient (Wildman–Crippen LogP) is 2.54. The summed E-state index contributed by atoms with van der Waals surface area (Å²) in [5.74, 6) is -0.592. The summed E-state index contributed by atoms with van der Waals surface area (Å²) in [6.07, 6.45) is 1.88. The first-order valence-electron chi connectivity index (χ1n) is 5.40. The van der Waals surface area contributed by atoms with Gasteiger partial charge in [0, 0.05) is 16.9 Å². The lowest BCUT2D eigenvalue weighted by atomic mass is 9.93. The standard InChI is InChI=1S/C11H16ClNO4S/c1-11(2,3)4-5-17-10(14)9-6-8(7-13-9)18(12,15)16/h6-7,13H,4-5H2,1-3H3. The van der Waals surface area contributed by atoms with Gasteiger partial charge in [0.1, 0.15) is 10.6 Å². The lowest BCUT2D eigenvalue weighted by molar-refractivity contribution is 0.0458. The number of ether oxygens (including phenoxy) is 1. The summed E-state index contributed by atoms with van der Waals surface area (Å²) >= 11 is 0. The van der Waals surface area contributed by atoms with Crippen LogP contribution in [0, 0.1) is 5.41 Å². The topological polar surface area (TPSA) is 76.2 Å². The lowest BCUT2D eigenvalue weighted by Gasteiger charge is -2.17. The highest BCUT2D eigenvalue weighted by atomic mass is 35.7. The quantitative estimate of drug-likeness (QED) is 0.683. The highest BCUT2D eigenvalue weighted by Crippen LogP contribution is 2.19. The molecule has 0 bridgehead atoms. The minimum absolute atomic E-state index is 0.0701. The number of hydrogen-bond acceptors (Lipinski definition) is 4. The van der Waals surface area contributed by atoms with E-state index in [1.165, 1.54) is 0 Å². The maximum absolute atomic E-state index is 11.6. The summed E-state index contributed by atoms with van der Waals surface area (Å²) < 4.78 is 27.0. The van der Waals surface area contributed by atoms with Crippen LogP contribution >= 0.6 is 10.7 Å². The number of carbonyl (C=O) groups excluding carboxylic acids is 1. The highest BCUT2D eigenvalue weighted by molar-refractivity contribution is 8.13. The number of esters is 1. The first-order chi connectivity index (χ1) is 8.09. The Morgan fingerprint density at radius 1 is 1.44 bits per heavy atom. The molecule has 18 heavy (non-hydrogen) atoms.